The fourth-order valence-corrected chi connectivity index (χ4v) is 2.07. The summed E-state index contributed by atoms with van der Waals surface area (Å²) in [6.07, 6.45) is -0.129. The maximum Gasteiger partial charge on any atom is 0.305 e. The van der Waals surface area contributed by atoms with Gasteiger partial charge in [0, 0.05) is 11.4 Å². The van der Waals surface area contributed by atoms with Crippen LogP contribution < -0.4 is 5.32 Å². The third-order valence-corrected chi connectivity index (χ3v) is 3.38. The van der Waals surface area contributed by atoms with Gasteiger partial charge in [0.25, 0.3) is 5.91 Å². The van der Waals surface area contributed by atoms with E-state index in [4.69, 9.17) is 9.52 Å². The van der Waals surface area contributed by atoms with Gasteiger partial charge >= 0.3 is 5.97 Å². The maximum atomic E-state index is 12.3. The average Bonchev–Trinajstić information content (AvgIpc) is 2.80. The van der Waals surface area contributed by atoms with Crippen LogP contribution in [0.15, 0.2) is 34.7 Å². The Morgan fingerprint density at radius 1 is 1.29 bits per heavy atom. The zero-order chi connectivity index (χ0) is 15.6. The fraction of sp³-hybridized carbons (Fsp3) is 0.375. The molecule has 1 atom stereocenters. The first-order chi connectivity index (χ1) is 9.77. The zero-order valence-corrected chi connectivity index (χ0v) is 12.3. The van der Waals surface area contributed by atoms with Crippen LogP contribution in [0.1, 0.15) is 37.7 Å². The molecule has 0 aliphatic heterocycles. The van der Waals surface area contributed by atoms with Crippen molar-refractivity contribution in [1.29, 1.82) is 0 Å². The number of benzene rings is 1. The highest BCUT2D eigenvalue weighted by atomic mass is 16.4. The molecule has 1 unspecified atom stereocenters. The summed E-state index contributed by atoms with van der Waals surface area (Å²) in [5.74, 6) is -1.15. The summed E-state index contributed by atoms with van der Waals surface area (Å²) < 4.78 is 5.49. The number of furan rings is 1. The van der Waals surface area contributed by atoms with E-state index >= 15 is 0 Å². The largest absolute Gasteiger partial charge is 0.481 e. The number of hydrogen-bond acceptors (Lipinski definition) is 3. The van der Waals surface area contributed by atoms with Crippen LogP contribution in [0.2, 0.25) is 0 Å². The van der Waals surface area contributed by atoms with E-state index in [1.807, 2.05) is 39.0 Å². The van der Waals surface area contributed by atoms with E-state index in [1.54, 1.807) is 12.1 Å². The Labute approximate surface area is 122 Å². The molecule has 0 saturated carbocycles. The predicted octanol–water partition coefficient (Wildman–Crippen LogP) is 3.05. The number of para-hydroxylation sites is 1. The standard InChI is InChI=1S/C16H19NO4/c1-16(2,3)13(9-14(18)19)17-15(20)12-8-10-6-4-5-7-11(10)21-12/h4-8,13H,9H2,1-3H3,(H,17,20)(H,18,19). The van der Waals surface area contributed by atoms with Crippen LogP contribution >= 0.6 is 0 Å². The molecule has 2 N–H and O–H groups in total. The van der Waals surface area contributed by atoms with Crippen LogP contribution in [0, 0.1) is 5.41 Å². The van der Waals surface area contributed by atoms with Crippen LogP contribution in [-0.2, 0) is 4.79 Å². The van der Waals surface area contributed by atoms with Crippen molar-refractivity contribution in [2.24, 2.45) is 5.41 Å². The molecule has 1 heterocycles. The number of amides is 1. The molecule has 0 fully saturated rings. The highest BCUT2D eigenvalue weighted by molar-refractivity contribution is 5.96. The second-order valence-electron chi connectivity index (χ2n) is 6.14. The number of fused-ring (bicyclic) bond motifs is 1. The molecule has 1 amide bonds. The molecule has 1 aromatic carbocycles. The molecule has 0 aliphatic rings. The number of carbonyl (C=O) groups excluding carboxylic acids is 1. The molecule has 2 rings (SSSR count). The van der Waals surface area contributed by atoms with Gasteiger partial charge in [0.2, 0.25) is 0 Å². The van der Waals surface area contributed by atoms with Gasteiger partial charge in [-0.1, -0.05) is 39.0 Å². The van der Waals surface area contributed by atoms with Gasteiger partial charge in [0.05, 0.1) is 6.42 Å². The summed E-state index contributed by atoms with van der Waals surface area (Å²) in [6, 6.07) is 8.51. The third-order valence-electron chi connectivity index (χ3n) is 3.38. The molecule has 21 heavy (non-hydrogen) atoms. The van der Waals surface area contributed by atoms with E-state index < -0.39 is 17.9 Å². The Hall–Kier alpha value is -2.30. The van der Waals surface area contributed by atoms with Crippen molar-refractivity contribution in [1.82, 2.24) is 5.32 Å². The van der Waals surface area contributed by atoms with Crippen LogP contribution in [0.5, 0.6) is 0 Å². The quantitative estimate of drug-likeness (QED) is 0.906. The summed E-state index contributed by atoms with van der Waals surface area (Å²) in [6.45, 7) is 5.67. The number of nitrogens with one attached hydrogen (secondary N) is 1. The minimum Gasteiger partial charge on any atom is -0.481 e. The van der Waals surface area contributed by atoms with Crippen molar-refractivity contribution in [3.05, 3.63) is 36.1 Å². The van der Waals surface area contributed by atoms with Gasteiger partial charge in [-0.15, -0.1) is 0 Å². The summed E-state index contributed by atoms with van der Waals surface area (Å²) in [5.41, 5.74) is 0.272. The monoisotopic (exact) mass is 289 g/mol. The number of aliphatic carboxylic acids is 1. The SMILES string of the molecule is CC(C)(C)C(CC(=O)O)NC(=O)c1cc2ccccc2o1. The molecular weight excluding hydrogens is 270 g/mol. The van der Waals surface area contributed by atoms with Gasteiger partial charge in [-0.3, -0.25) is 9.59 Å². The first kappa shape index (κ1) is 15.1. The molecule has 0 spiro atoms. The van der Waals surface area contributed by atoms with Gasteiger partial charge in [0.1, 0.15) is 5.58 Å². The first-order valence-corrected chi connectivity index (χ1v) is 6.78. The minimum absolute atomic E-state index is 0.129. The van der Waals surface area contributed by atoms with E-state index in [-0.39, 0.29) is 17.6 Å². The Morgan fingerprint density at radius 2 is 1.95 bits per heavy atom. The lowest BCUT2D eigenvalue weighted by molar-refractivity contribution is -0.138. The predicted molar refractivity (Wildman–Crippen MR) is 79.2 cm³/mol. The molecule has 0 aliphatic carbocycles. The first-order valence-electron chi connectivity index (χ1n) is 6.78. The van der Waals surface area contributed by atoms with E-state index in [0.717, 1.165) is 5.39 Å². The molecule has 0 bridgehead atoms. The van der Waals surface area contributed by atoms with Gasteiger partial charge in [-0.25, -0.2) is 0 Å². The number of hydrogen-bond donors (Lipinski definition) is 2. The van der Waals surface area contributed by atoms with Crippen molar-refractivity contribution in [3.8, 4) is 0 Å². The van der Waals surface area contributed by atoms with Crippen LogP contribution in [0.4, 0.5) is 0 Å². The second kappa shape index (κ2) is 5.60. The van der Waals surface area contributed by atoms with Crippen molar-refractivity contribution in [2.45, 2.75) is 33.2 Å². The average molecular weight is 289 g/mol. The normalized spacial score (nSPS) is 13.1. The lowest BCUT2D eigenvalue weighted by Gasteiger charge is -2.29. The third kappa shape index (κ3) is 3.62. The van der Waals surface area contributed by atoms with E-state index in [0.29, 0.717) is 5.58 Å². The molecule has 5 nitrogen and oxygen atoms in total. The molecule has 5 heteroatoms. The minimum atomic E-state index is -0.945. The van der Waals surface area contributed by atoms with Crippen molar-refractivity contribution < 1.29 is 19.1 Å². The summed E-state index contributed by atoms with van der Waals surface area (Å²) in [5, 5.41) is 12.6. The van der Waals surface area contributed by atoms with E-state index in [2.05, 4.69) is 5.32 Å². The van der Waals surface area contributed by atoms with E-state index in [1.165, 1.54) is 0 Å². The van der Waals surface area contributed by atoms with Crippen LogP contribution in [0.3, 0.4) is 0 Å². The molecular formula is C16H19NO4. The molecule has 112 valence electrons. The fourth-order valence-electron chi connectivity index (χ4n) is 2.07. The van der Waals surface area contributed by atoms with Crippen molar-refractivity contribution >= 4 is 22.8 Å². The van der Waals surface area contributed by atoms with Gasteiger partial charge in [-0.2, -0.15) is 0 Å². The summed E-state index contributed by atoms with van der Waals surface area (Å²) in [4.78, 5) is 23.2. The van der Waals surface area contributed by atoms with Crippen molar-refractivity contribution in [3.63, 3.8) is 0 Å². The Morgan fingerprint density at radius 3 is 2.52 bits per heavy atom. The Balaban J connectivity index is 2.20. The van der Waals surface area contributed by atoms with Gasteiger partial charge < -0.3 is 14.8 Å². The molecule has 1 aromatic heterocycles. The van der Waals surface area contributed by atoms with Gasteiger partial charge in [-0.05, 0) is 17.5 Å². The smallest absolute Gasteiger partial charge is 0.305 e. The highest BCUT2D eigenvalue weighted by Gasteiger charge is 2.29. The summed E-state index contributed by atoms with van der Waals surface area (Å²) >= 11 is 0. The number of rotatable bonds is 4. The Bertz CT molecular complexity index is 633. The topological polar surface area (TPSA) is 79.5 Å². The lowest BCUT2D eigenvalue weighted by Crippen LogP contribution is -2.44. The molecule has 2 aromatic rings. The maximum absolute atomic E-state index is 12.3. The van der Waals surface area contributed by atoms with Crippen molar-refractivity contribution in [2.75, 3.05) is 0 Å². The number of carbonyl (C=O) groups is 2. The summed E-state index contributed by atoms with van der Waals surface area (Å²) in [7, 11) is 0. The number of carboxylic acid groups (broad SMARTS) is 1. The highest BCUT2D eigenvalue weighted by Crippen LogP contribution is 2.23. The van der Waals surface area contributed by atoms with Crippen LogP contribution in [-0.4, -0.2) is 23.0 Å². The molecule has 0 saturated heterocycles. The Kier molecular flexibility index (Phi) is 4.02. The molecule has 0 radical (unpaired) electrons. The van der Waals surface area contributed by atoms with E-state index in [9.17, 15) is 9.59 Å². The lowest BCUT2D eigenvalue weighted by atomic mass is 9.84. The van der Waals surface area contributed by atoms with Gasteiger partial charge in [0.15, 0.2) is 5.76 Å². The van der Waals surface area contributed by atoms with Crippen LogP contribution in [0.25, 0.3) is 11.0 Å². The second-order valence-corrected chi connectivity index (χ2v) is 6.14. The zero-order valence-electron chi connectivity index (χ0n) is 12.3. The number of carboxylic acids is 1.